The van der Waals surface area contributed by atoms with Gasteiger partial charge in [0.2, 0.25) is 11.8 Å². The van der Waals surface area contributed by atoms with Gasteiger partial charge in [-0.15, -0.1) is 0 Å². The number of benzene rings is 2. The number of hydrogen-bond donors (Lipinski definition) is 2. The maximum absolute atomic E-state index is 16.4. The zero-order chi connectivity index (χ0) is 29.9. The molecule has 2 aromatic carbocycles. The number of halogens is 4. The van der Waals surface area contributed by atoms with E-state index in [0.717, 1.165) is 37.0 Å². The molecule has 42 heavy (non-hydrogen) atoms. The molecule has 224 valence electrons. The first-order chi connectivity index (χ1) is 19.9. The zero-order valence-corrected chi connectivity index (χ0v) is 23.1. The maximum Gasteiger partial charge on any atom is 0.416 e. The van der Waals surface area contributed by atoms with Gasteiger partial charge in [-0.1, -0.05) is 37.5 Å². The average Bonchev–Trinajstić information content (AvgIpc) is 3.28. The number of carbonyl (C=O) groups is 3. The molecule has 7 nitrogen and oxygen atoms in total. The summed E-state index contributed by atoms with van der Waals surface area (Å²) in [6.07, 6.45) is 0.157. The lowest BCUT2D eigenvalue weighted by Crippen LogP contribution is -2.59. The third-order valence-electron chi connectivity index (χ3n) is 9.79. The Labute approximate surface area is 240 Å². The van der Waals surface area contributed by atoms with Gasteiger partial charge in [0.25, 0.3) is 5.91 Å². The topological polar surface area (TPSA) is 90.0 Å². The number of fused-ring (bicyclic) bond motifs is 1. The number of carbonyl (C=O) groups excluding carboxylic acids is 3. The fourth-order valence-electron chi connectivity index (χ4n) is 7.56. The summed E-state index contributed by atoms with van der Waals surface area (Å²) >= 11 is 0. The van der Waals surface area contributed by atoms with Crippen LogP contribution in [0.3, 0.4) is 0 Å². The van der Waals surface area contributed by atoms with Crippen LogP contribution in [0.4, 0.5) is 17.6 Å². The second kappa shape index (κ2) is 10.4. The number of hydrogen-bond acceptors (Lipinski definition) is 5. The van der Waals surface area contributed by atoms with Gasteiger partial charge in [-0.2, -0.15) is 13.2 Å². The number of rotatable bonds is 4. The van der Waals surface area contributed by atoms with Crippen molar-refractivity contribution in [2.24, 2.45) is 5.41 Å². The van der Waals surface area contributed by atoms with Gasteiger partial charge in [-0.05, 0) is 49.4 Å². The van der Waals surface area contributed by atoms with Crippen molar-refractivity contribution in [2.75, 3.05) is 13.1 Å². The minimum absolute atomic E-state index is 0.0928. The van der Waals surface area contributed by atoms with Gasteiger partial charge in [-0.3, -0.25) is 24.6 Å². The van der Waals surface area contributed by atoms with Crippen LogP contribution in [0.2, 0.25) is 0 Å². The molecule has 3 amide bonds. The van der Waals surface area contributed by atoms with Gasteiger partial charge in [0.15, 0.2) is 0 Å². The molecule has 11 heteroatoms. The fourth-order valence-corrected chi connectivity index (χ4v) is 7.56. The molecule has 0 radical (unpaired) electrons. The number of nitrogens with one attached hydrogen (secondary N) is 1. The van der Waals surface area contributed by atoms with E-state index >= 15 is 4.39 Å². The van der Waals surface area contributed by atoms with Gasteiger partial charge in [0, 0.05) is 48.2 Å². The number of aliphatic hydroxyl groups is 1. The van der Waals surface area contributed by atoms with Crippen LogP contribution in [-0.2, 0) is 34.5 Å². The number of amides is 3. The van der Waals surface area contributed by atoms with E-state index < -0.39 is 52.3 Å². The van der Waals surface area contributed by atoms with Crippen LogP contribution < -0.4 is 5.32 Å². The third-order valence-corrected chi connectivity index (χ3v) is 9.79. The highest BCUT2D eigenvalue weighted by Crippen LogP contribution is 2.55. The Bertz CT molecular complexity index is 1420. The van der Waals surface area contributed by atoms with Crippen LogP contribution in [-0.4, -0.2) is 51.8 Å². The lowest BCUT2D eigenvalue weighted by molar-refractivity contribution is -0.161. The quantitative estimate of drug-likeness (QED) is 0.402. The molecule has 0 aromatic heterocycles. The van der Waals surface area contributed by atoms with Gasteiger partial charge in [0.05, 0.1) is 12.1 Å². The molecule has 2 atom stereocenters. The molecule has 2 N–H and O–H groups in total. The van der Waals surface area contributed by atoms with Crippen molar-refractivity contribution in [3.63, 3.8) is 0 Å². The van der Waals surface area contributed by atoms with E-state index in [4.69, 9.17) is 0 Å². The Morgan fingerprint density at radius 2 is 1.69 bits per heavy atom. The molecule has 1 spiro atoms. The summed E-state index contributed by atoms with van der Waals surface area (Å²) in [4.78, 5) is 40.7. The first-order valence-corrected chi connectivity index (χ1v) is 14.5. The van der Waals surface area contributed by atoms with Crippen molar-refractivity contribution in [3.8, 4) is 0 Å². The molecule has 3 aliphatic heterocycles. The van der Waals surface area contributed by atoms with E-state index in [-0.39, 0.29) is 42.5 Å². The summed E-state index contributed by atoms with van der Waals surface area (Å²) in [6, 6.07) is 7.26. The molecule has 1 aliphatic carbocycles. The first kappa shape index (κ1) is 28.8. The van der Waals surface area contributed by atoms with Crippen LogP contribution in [0.5, 0.6) is 0 Å². The van der Waals surface area contributed by atoms with Gasteiger partial charge >= 0.3 is 6.18 Å². The minimum Gasteiger partial charge on any atom is -0.384 e. The van der Waals surface area contributed by atoms with Crippen LogP contribution in [0.15, 0.2) is 36.4 Å². The van der Waals surface area contributed by atoms with Crippen LogP contribution in [0.25, 0.3) is 0 Å². The maximum atomic E-state index is 16.4. The summed E-state index contributed by atoms with van der Waals surface area (Å²) in [6.45, 7) is 1.17. The summed E-state index contributed by atoms with van der Waals surface area (Å²) < 4.78 is 55.5. The smallest absolute Gasteiger partial charge is 0.384 e. The Hall–Kier alpha value is -3.31. The molecule has 3 fully saturated rings. The molecule has 2 saturated heterocycles. The van der Waals surface area contributed by atoms with Gasteiger partial charge in [0.1, 0.15) is 17.5 Å². The van der Waals surface area contributed by atoms with E-state index in [9.17, 15) is 32.7 Å². The van der Waals surface area contributed by atoms with Gasteiger partial charge in [-0.25, -0.2) is 4.39 Å². The Kier molecular flexibility index (Phi) is 7.16. The normalized spacial score (nSPS) is 26.5. The molecular formula is C31H33F4N3O4. The Morgan fingerprint density at radius 1 is 0.976 bits per heavy atom. The second-order valence-electron chi connectivity index (χ2n) is 12.2. The van der Waals surface area contributed by atoms with Crippen molar-refractivity contribution < 1.29 is 37.1 Å². The highest BCUT2D eigenvalue weighted by Gasteiger charge is 2.56. The number of imide groups is 1. The van der Waals surface area contributed by atoms with E-state index in [1.165, 1.54) is 29.2 Å². The van der Waals surface area contributed by atoms with Crippen LogP contribution in [0.1, 0.15) is 84.0 Å². The highest BCUT2D eigenvalue weighted by atomic mass is 19.4. The monoisotopic (exact) mass is 587 g/mol. The lowest BCUT2D eigenvalue weighted by Gasteiger charge is -2.56. The van der Waals surface area contributed by atoms with Gasteiger partial charge < -0.3 is 10.0 Å². The van der Waals surface area contributed by atoms with Crippen LogP contribution >= 0.6 is 0 Å². The second-order valence-corrected chi connectivity index (χ2v) is 12.2. The predicted molar refractivity (Wildman–Crippen MR) is 143 cm³/mol. The van der Waals surface area contributed by atoms with Crippen molar-refractivity contribution in [1.29, 1.82) is 0 Å². The Morgan fingerprint density at radius 3 is 2.36 bits per heavy atom. The van der Waals surface area contributed by atoms with Crippen molar-refractivity contribution >= 4 is 17.7 Å². The molecule has 3 heterocycles. The first-order valence-electron chi connectivity index (χ1n) is 14.5. The largest absolute Gasteiger partial charge is 0.416 e. The summed E-state index contributed by atoms with van der Waals surface area (Å²) in [5, 5.41) is 14.6. The number of piperidine rings is 2. The van der Waals surface area contributed by atoms with E-state index in [1.807, 2.05) is 0 Å². The van der Waals surface area contributed by atoms with Crippen molar-refractivity contribution in [3.05, 3.63) is 70.0 Å². The molecule has 2 aromatic rings. The zero-order valence-electron chi connectivity index (χ0n) is 23.1. The van der Waals surface area contributed by atoms with Crippen molar-refractivity contribution in [2.45, 2.75) is 82.3 Å². The van der Waals surface area contributed by atoms with E-state index in [0.29, 0.717) is 32.5 Å². The van der Waals surface area contributed by atoms with Crippen LogP contribution in [0, 0.1) is 11.2 Å². The molecule has 6 rings (SSSR count). The molecule has 1 saturated carbocycles. The highest BCUT2D eigenvalue weighted by molar-refractivity contribution is 6.05. The number of likely N-dealkylation sites (tertiary alicyclic amines) is 1. The molecule has 4 aliphatic rings. The number of alkyl halides is 3. The summed E-state index contributed by atoms with van der Waals surface area (Å²) in [7, 11) is 0. The van der Waals surface area contributed by atoms with E-state index in [2.05, 4.69) is 10.2 Å². The van der Waals surface area contributed by atoms with Crippen molar-refractivity contribution in [1.82, 2.24) is 15.1 Å². The summed E-state index contributed by atoms with van der Waals surface area (Å²) in [5.74, 6) is -2.10. The third kappa shape index (κ3) is 4.80. The van der Waals surface area contributed by atoms with E-state index in [1.54, 1.807) is 0 Å². The predicted octanol–water partition coefficient (Wildman–Crippen LogP) is 4.65. The number of nitrogens with zero attached hydrogens (tertiary/aromatic N) is 2. The molecule has 0 bridgehead atoms. The minimum atomic E-state index is -4.41. The standard InChI is InChI=1S/C31H33F4N3O4/c32-26-22-17-38(24-10-11-25(39)36-27(24)40)28(41)21(22)8-9-23(26)30(42)14-15-37(18-29(30)12-2-1-3-13-29)16-19-4-6-20(7-5-19)31(33,34)35/h4-9,24,42H,1-3,10-18H2,(H,36,39,40). The Balaban J connectivity index is 1.27. The molecular weight excluding hydrogens is 554 g/mol. The lowest BCUT2D eigenvalue weighted by atomic mass is 9.57. The average molecular weight is 588 g/mol. The summed E-state index contributed by atoms with van der Waals surface area (Å²) in [5.41, 5.74) is -1.70. The fraction of sp³-hybridized carbons (Fsp3) is 0.516. The SMILES string of the molecule is O=C1CCC(N2Cc3c(ccc(C4(O)CCN(Cc5ccc(C(F)(F)F)cc5)CC45CCCCC5)c3F)C2=O)C(=O)N1. The molecule has 2 unspecified atom stereocenters.